The zero-order valence-electron chi connectivity index (χ0n) is 16.5. The number of rotatable bonds is 3. The molecule has 5 nitrogen and oxygen atoms in total. The number of aromatic amines is 1. The lowest BCUT2D eigenvalue weighted by molar-refractivity contribution is -0.108. The van der Waals surface area contributed by atoms with Crippen LogP contribution in [0.25, 0.3) is 11.0 Å². The minimum absolute atomic E-state index is 0.281. The van der Waals surface area contributed by atoms with E-state index in [9.17, 15) is 5.02 Å². The highest BCUT2D eigenvalue weighted by Crippen LogP contribution is 2.63. The van der Waals surface area contributed by atoms with Crippen molar-refractivity contribution in [1.82, 2.24) is 14.3 Å². The van der Waals surface area contributed by atoms with Gasteiger partial charge in [0.15, 0.2) is 0 Å². The molecule has 0 unspecified atom stereocenters. The maximum atomic E-state index is 10.5. The Hall–Kier alpha value is -1.80. The molecule has 2 N–H and O–H groups in total. The van der Waals surface area contributed by atoms with E-state index in [0.717, 1.165) is 54.4 Å². The Kier molecular flexibility index (Phi) is 3.94. The van der Waals surface area contributed by atoms with E-state index < -0.39 is 7.12 Å². The highest BCUT2D eigenvalue weighted by Gasteiger charge is 2.63. The maximum Gasteiger partial charge on any atom is 0.493 e. The van der Waals surface area contributed by atoms with Crippen molar-refractivity contribution in [1.29, 1.82) is 0 Å². The first-order valence-electron chi connectivity index (χ1n) is 10.4. The number of aryl methyl sites for hydroxylation is 1. The molecule has 29 heavy (non-hydrogen) atoms. The summed E-state index contributed by atoms with van der Waals surface area (Å²) in [6.45, 7) is 4.36. The highest BCUT2D eigenvalue weighted by atomic mass is 32.2. The highest BCUT2D eigenvalue weighted by molar-refractivity contribution is 7.97. The average molecular weight is 405 g/mol. The van der Waals surface area contributed by atoms with Gasteiger partial charge in [-0.25, -0.2) is 9.29 Å². The molecule has 1 saturated carbocycles. The van der Waals surface area contributed by atoms with Gasteiger partial charge in [0.05, 0.1) is 5.60 Å². The number of benzene rings is 1. The topological polar surface area (TPSA) is 61.4 Å². The number of H-pyrrole nitrogens is 1. The van der Waals surface area contributed by atoms with E-state index in [4.69, 9.17) is 4.65 Å². The largest absolute Gasteiger partial charge is 0.493 e. The predicted octanol–water partition coefficient (Wildman–Crippen LogP) is 3.23. The summed E-state index contributed by atoms with van der Waals surface area (Å²) in [5, 5.41) is 11.6. The Morgan fingerprint density at radius 2 is 2.10 bits per heavy atom. The summed E-state index contributed by atoms with van der Waals surface area (Å²) in [4.78, 5) is 8.95. The quantitative estimate of drug-likeness (QED) is 0.518. The molecule has 1 aliphatic carbocycles. The first kappa shape index (κ1) is 18.0. The van der Waals surface area contributed by atoms with Crippen molar-refractivity contribution in [2.45, 2.75) is 43.1 Å². The number of nitrogens with one attached hydrogen (secondary N) is 1. The molecule has 148 valence electrons. The van der Waals surface area contributed by atoms with Crippen LogP contribution in [0.4, 0.5) is 0 Å². The Labute approximate surface area is 175 Å². The molecule has 1 saturated heterocycles. The lowest BCUT2D eigenvalue weighted by Crippen LogP contribution is -2.51. The van der Waals surface area contributed by atoms with Crippen LogP contribution in [0.15, 0.2) is 47.6 Å². The summed E-state index contributed by atoms with van der Waals surface area (Å²) in [6, 6.07) is 11.0. The average Bonchev–Trinajstić information content (AvgIpc) is 3.40. The molecule has 0 atom stereocenters. The molecule has 0 bridgehead atoms. The van der Waals surface area contributed by atoms with E-state index in [-0.39, 0.29) is 11.0 Å². The van der Waals surface area contributed by atoms with Crippen molar-refractivity contribution in [3.8, 4) is 0 Å². The van der Waals surface area contributed by atoms with Crippen LogP contribution in [0.1, 0.15) is 37.3 Å². The zero-order valence-corrected chi connectivity index (χ0v) is 17.3. The van der Waals surface area contributed by atoms with Crippen molar-refractivity contribution < 1.29 is 9.68 Å². The maximum absolute atomic E-state index is 10.5. The molecule has 2 spiro atoms. The van der Waals surface area contributed by atoms with Crippen molar-refractivity contribution >= 4 is 35.6 Å². The fourth-order valence-corrected chi connectivity index (χ4v) is 6.75. The van der Waals surface area contributed by atoms with Crippen molar-refractivity contribution in [3.05, 3.63) is 53.9 Å². The molecule has 4 heterocycles. The molecular formula is C22H24BN3O2S. The third kappa shape index (κ3) is 2.71. The van der Waals surface area contributed by atoms with Crippen LogP contribution in [0, 0.1) is 5.41 Å². The van der Waals surface area contributed by atoms with Gasteiger partial charge in [-0.2, -0.15) is 0 Å². The molecule has 0 radical (unpaired) electrons. The monoisotopic (exact) mass is 405 g/mol. The van der Waals surface area contributed by atoms with Crippen molar-refractivity contribution in [2.75, 3.05) is 13.1 Å². The molecule has 6 rings (SSSR count). The van der Waals surface area contributed by atoms with Gasteiger partial charge in [0.25, 0.3) is 0 Å². The van der Waals surface area contributed by atoms with Gasteiger partial charge in [-0.05, 0) is 72.4 Å². The molecule has 3 aliphatic rings. The van der Waals surface area contributed by atoms with Crippen LogP contribution in [-0.2, 0) is 16.7 Å². The summed E-state index contributed by atoms with van der Waals surface area (Å²) in [5.74, 6) is 0. The van der Waals surface area contributed by atoms with Gasteiger partial charge < -0.3 is 14.7 Å². The fourth-order valence-electron chi connectivity index (χ4n) is 5.67. The number of aromatic nitrogens is 2. The van der Waals surface area contributed by atoms with Crippen molar-refractivity contribution in [2.24, 2.45) is 5.41 Å². The third-order valence-corrected chi connectivity index (χ3v) is 8.02. The van der Waals surface area contributed by atoms with Crippen LogP contribution >= 0.6 is 11.9 Å². The molecule has 7 heteroatoms. The molecule has 2 fully saturated rings. The number of hydrogen-bond acceptors (Lipinski definition) is 5. The van der Waals surface area contributed by atoms with Crippen LogP contribution in [0.3, 0.4) is 0 Å². The van der Waals surface area contributed by atoms with Gasteiger partial charge in [-0.1, -0.05) is 19.1 Å². The van der Waals surface area contributed by atoms with Gasteiger partial charge in [-0.15, -0.1) is 0 Å². The first-order chi connectivity index (χ1) is 14.1. The molecule has 2 aliphatic heterocycles. The second-order valence-electron chi connectivity index (χ2n) is 8.85. The second kappa shape index (κ2) is 6.35. The van der Waals surface area contributed by atoms with E-state index in [1.165, 1.54) is 16.9 Å². The summed E-state index contributed by atoms with van der Waals surface area (Å²) in [5.41, 5.74) is 4.18. The first-order valence-corrected chi connectivity index (χ1v) is 11.2. The lowest BCUT2D eigenvalue weighted by atomic mass is 9.56. The molecular weight excluding hydrogens is 381 g/mol. The van der Waals surface area contributed by atoms with E-state index in [2.05, 4.69) is 51.5 Å². The number of pyridine rings is 1. The van der Waals surface area contributed by atoms with Crippen LogP contribution < -0.4 is 5.46 Å². The SMILES string of the molecule is CCc1ccc(SN2CCC3(C2)CC2(C3)OB(O)c3cnc4[nH]ccc4c32)cc1. The van der Waals surface area contributed by atoms with E-state index in [1.807, 2.05) is 18.1 Å². The molecule has 3 aromatic rings. The van der Waals surface area contributed by atoms with Crippen molar-refractivity contribution in [3.63, 3.8) is 0 Å². The minimum atomic E-state index is -0.863. The molecule has 2 aromatic heterocycles. The third-order valence-electron chi connectivity index (χ3n) is 6.97. The Morgan fingerprint density at radius 3 is 2.90 bits per heavy atom. The van der Waals surface area contributed by atoms with Gasteiger partial charge >= 0.3 is 7.12 Å². The number of hydrogen-bond donors (Lipinski definition) is 2. The number of fused-ring (bicyclic) bond motifs is 4. The summed E-state index contributed by atoms with van der Waals surface area (Å²) < 4.78 is 8.67. The molecule has 0 amide bonds. The molecule has 1 aromatic carbocycles. The van der Waals surface area contributed by atoms with Crippen LogP contribution in [0.2, 0.25) is 0 Å². The lowest BCUT2D eigenvalue weighted by Gasteiger charge is -2.53. The summed E-state index contributed by atoms with van der Waals surface area (Å²) >= 11 is 1.87. The smallest absolute Gasteiger partial charge is 0.423 e. The number of nitrogens with zero attached hydrogens (tertiary/aromatic N) is 2. The summed E-state index contributed by atoms with van der Waals surface area (Å²) in [7, 11) is -0.863. The van der Waals surface area contributed by atoms with E-state index in [0.29, 0.717) is 0 Å². The van der Waals surface area contributed by atoms with E-state index >= 15 is 0 Å². The Balaban J connectivity index is 1.21. The zero-order chi connectivity index (χ0) is 19.6. The van der Waals surface area contributed by atoms with Crippen LogP contribution in [-0.4, -0.2) is 39.5 Å². The van der Waals surface area contributed by atoms with Gasteiger partial charge in [0.2, 0.25) is 0 Å². The normalized spacial score (nSPS) is 28.6. The van der Waals surface area contributed by atoms with Gasteiger partial charge in [-0.3, -0.25) is 0 Å². The van der Waals surface area contributed by atoms with E-state index in [1.54, 1.807) is 6.20 Å². The van der Waals surface area contributed by atoms with Gasteiger partial charge in [0.1, 0.15) is 5.65 Å². The standard InChI is InChI=1S/C22H24BN3O2S/c1-2-15-3-5-16(6-4-15)29-26-10-8-21(14-26)12-22(13-21)19-17-7-9-24-20(17)25-11-18(19)23(27)28-22/h3-7,9,11,27H,2,8,10,12-14H2,1H3,(H,24,25). The predicted molar refractivity (Wildman–Crippen MR) is 116 cm³/mol. The minimum Gasteiger partial charge on any atom is -0.423 e. The second-order valence-corrected chi connectivity index (χ2v) is 10.0. The Bertz CT molecular complexity index is 1080. The Morgan fingerprint density at radius 1 is 1.28 bits per heavy atom. The van der Waals surface area contributed by atoms with Gasteiger partial charge in [0, 0.05) is 41.2 Å². The van der Waals surface area contributed by atoms with Crippen LogP contribution in [0.5, 0.6) is 0 Å². The fraction of sp³-hybridized carbons (Fsp3) is 0.409. The summed E-state index contributed by atoms with van der Waals surface area (Å²) in [6.07, 6.45) is 7.90.